The third-order valence-electron chi connectivity index (χ3n) is 4.58. The van der Waals surface area contributed by atoms with Crippen LogP contribution in [0.25, 0.3) is 0 Å². The molecule has 0 unspecified atom stereocenters. The van der Waals surface area contributed by atoms with Gasteiger partial charge in [-0.05, 0) is 37.6 Å². The zero-order valence-electron chi connectivity index (χ0n) is 14.5. The van der Waals surface area contributed by atoms with Crippen LogP contribution in [0, 0.1) is 5.41 Å². The van der Waals surface area contributed by atoms with Gasteiger partial charge in [-0.2, -0.15) is 0 Å². The highest BCUT2D eigenvalue weighted by molar-refractivity contribution is 6.26. The molecule has 2 aromatic carbocycles. The van der Waals surface area contributed by atoms with Crippen molar-refractivity contribution in [1.82, 2.24) is 0 Å². The van der Waals surface area contributed by atoms with Crippen LogP contribution in [0.1, 0.15) is 19.8 Å². The number of anilines is 2. The molecular formula is C20H20N2O4. The van der Waals surface area contributed by atoms with E-state index in [1.165, 1.54) is 16.9 Å². The van der Waals surface area contributed by atoms with Gasteiger partial charge in [-0.15, -0.1) is 0 Å². The number of hydrogen-bond acceptors (Lipinski definition) is 4. The topological polar surface area (TPSA) is 77.9 Å². The van der Waals surface area contributed by atoms with Crippen molar-refractivity contribution < 1.29 is 19.5 Å². The summed E-state index contributed by atoms with van der Waals surface area (Å²) in [5.74, 6) is -1.19. The number of hydrogen-bond donors (Lipinski definition) is 1. The number of benzene rings is 2. The first kappa shape index (κ1) is 17.8. The van der Waals surface area contributed by atoms with Gasteiger partial charge >= 0.3 is 0 Å². The Labute approximate surface area is 151 Å². The molecule has 2 amide bonds. The minimum absolute atomic E-state index is 0.0246. The smallest absolute Gasteiger partial charge is 0.264 e. The minimum Gasteiger partial charge on any atom is -0.395 e. The number of aliphatic hydroxyl groups excluding tert-OH is 1. The van der Waals surface area contributed by atoms with Crippen LogP contribution < -0.4 is 10.0 Å². The van der Waals surface area contributed by atoms with Crippen molar-refractivity contribution in [3.8, 4) is 0 Å². The number of nitrogens with zero attached hydrogens (tertiary/aromatic N) is 2. The van der Waals surface area contributed by atoms with E-state index < -0.39 is 23.8 Å². The average Bonchev–Trinajstić information content (AvgIpc) is 2.89. The largest absolute Gasteiger partial charge is 0.395 e. The number of rotatable bonds is 6. The van der Waals surface area contributed by atoms with Gasteiger partial charge in [0, 0.05) is 6.42 Å². The summed E-state index contributed by atoms with van der Waals surface area (Å²) >= 11 is 0. The van der Waals surface area contributed by atoms with Crippen molar-refractivity contribution in [3.05, 3.63) is 60.7 Å². The van der Waals surface area contributed by atoms with Crippen LogP contribution in [0.4, 0.5) is 11.4 Å². The summed E-state index contributed by atoms with van der Waals surface area (Å²) in [6.45, 7) is 0.753. The fraction of sp³-hybridized carbons (Fsp3) is 0.250. The van der Waals surface area contributed by atoms with Crippen molar-refractivity contribution in [2.45, 2.75) is 19.8 Å². The van der Waals surface area contributed by atoms with Gasteiger partial charge in [-0.1, -0.05) is 36.4 Å². The van der Waals surface area contributed by atoms with Crippen molar-refractivity contribution in [3.63, 3.8) is 0 Å². The van der Waals surface area contributed by atoms with E-state index in [1.807, 2.05) is 12.1 Å². The van der Waals surface area contributed by atoms with Crippen molar-refractivity contribution in [2.75, 3.05) is 16.6 Å². The van der Waals surface area contributed by atoms with E-state index in [2.05, 4.69) is 0 Å². The predicted octanol–water partition coefficient (Wildman–Crippen LogP) is 2.33. The maximum absolute atomic E-state index is 13.3. The molecule has 1 aliphatic rings. The molecule has 0 spiro atoms. The van der Waals surface area contributed by atoms with E-state index in [-0.39, 0.29) is 18.6 Å². The Bertz CT molecular complexity index is 763. The van der Waals surface area contributed by atoms with E-state index in [1.54, 1.807) is 48.5 Å². The van der Waals surface area contributed by atoms with Gasteiger partial charge in [0.15, 0.2) is 5.41 Å². The highest BCUT2D eigenvalue weighted by atomic mass is 16.3. The second-order valence-electron chi connectivity index (χ2n) is 6.35. The Hall–Kier alpha value is -2.99. The lowest BCUT2D eigenvalue weighted by atomic mass is 9.82. The number of ketones is 1. The summed E-state index contributed by atoms with van der Waals surface area (Å²) in [4.78, 5) is 38.0. The van der Waals surface area contributed by atoms with E-state index in [0.29, 0.717) is 11.4 Å². The molecule has 0 aliphatic carbocycles. The lowest BCUT2D eigenvalue weighted by Crippen LogP contribution is -2.41. The fourth-order valence-corrected chi connectivity index (χ4v) is 3.10. The second kappa shape index (κ2) is 7.09. The predicted molar refractivity (Wildman–Crippen MR) is 97.3 cm³/mol. The maximum atomic E-state index is 13.3. The minimum atomic E-state index is -1.66. The maximum Gasteiger partial charge on any atom is 0.264 e. The molecule has 0 radical (unpaired) electrons. The number of para-hydroxylation sites is 2. The molecule has 26 heavy (non-hydrogen) atoms. The van der Waals surface area contributed by atoms with Crippen LogP contribution in [0.15, 0.2) is 60.7 Å². The summed E-state index contributed by atoms with van der Waals surface area (Å²) in [6, 6.07) is 17.6. The van der Waals surface area contributed by atoms with Gasteiger partial charge in [0.2, 0.25) is 0 Å². The summed E-state index contributed by atoms with van der Waals surface area (Å²) in [5, 5.41) is 12.6. The molecule has 1 fully saturated rings. The number of hydrazine groups is 1. The van der Waals surface area contributed by atoms with Crippen LogP contribution >= 0.6 is 0 Å². The number of carbonyl (C=O) groups excluding carboxylic acids is 3. The molecule has 1 N–H and O–H groups in total. The molecule has 3 rings (SSSR count). The van der Waals surface area contributed by atoms with Gasteiger partial charge < -0.3 is 9.90 Å². The first-order chi connectivity index (χ1) is 12.5. The summed E-state index contributed by atoms with van der Waals surface area (Å²) in [6.07, 6.45) is 0.0203. The summed E-state index contributed by atoms with van der Waals surface area (Å²) in [5.41, 5.74) is -0.613. The van der Waals surface area contributed by atoms with E-state index >= 15 is 0 Å². The van der Waals surface area contributed by atoms with Gasteiger partial charge in [0.05, 0.1) is 18.0 Å². The lowest BCUT2D eigenvalue weighted by Gasteiger charge is -2.27. The average molecular weight is 352 g/mol. The monoisotopic (exact) mass is 352 g/mol. The fourth-order valence-electron chi connectivity index (χ4n) is 3.10. The summed E-state index contributed by atoms with van der Waals surface area (Å²) < 4.78 is 0. The Kier molecular flexibility index (Phi) is 4.86. The SMILES string of the molecule is CC(=O)CCC1(CO)C(=O)N(c2ccccc2)N(c2ccccc2)C1=O. The molecule has 134 valence electrons. The van der Waals surface area contributed by atoms with Gasteiger partial charge in [0.1, 0.15) is 5.78 Å². The van der Waals surface area contributed by atoms with Crippen molar-refractivity contribution >= 4 is 29.0 Å². The molecule has 1 aliphatic heterocycles. The van der Waals surface area contributed by atoms with Crippen molar-refractivity contribution in [2.24, 2.45) is 5.41 Å². The normalized spacial score (nSPS) is 16.2. The molecule has 6 heteroatoms. The standard InChI is InChI=1S/C20H20N2O4/c1-15(24)12-13-20(14-23)18(25)21(16-8-4-2-5-9-16)22(19(20)26)17-10-6-3-7-11-17/h2-11,23H,12-14H2,1H3. The van der Waals surface area contributed by atoms with Crippen LogP contribution in [0.5, 0.6) is 0 Å². The molecule has 0 bridgehead atoms. The molecule has 1 saturated heterocycles. The second-order valence-corrected chi connectivity index (χ2v) is 6.35. The first-order valence-electron chi connectivity index (χ1n) is 8.41. The molecule has 0 saturated carbocycles. The first-order valence-corrected chi connectivity index (χ1v) is 8.41. The van der Waals surface area contributed by atoms with Gasteiger partial charge in [-0.25, -0.2) is 10.0 Å². The lowest BCUT2D eigenvalue weighted by molar-refractivity contribution is -0.138. The highest BCUT2D eigenvalue weighted by Gasteiger charge is 2.58. The van der Waals surface area contributed by atoms with Crippen LogP contribution in [-0.2, 0) is 14.4 Å². The Morgan fingerprint density at radius 2 is 1.31 bits per heavy atom. The number of Topliss-reactive ketones (excluding diaryl/α,β-unsaturated/α-hetero) is 1. The number of carbonyl (C=O) groups is 3. The van der Waals surface area contributed by atoms with E-state index in [9.17, 15) is 19.5 Å². The molecular weight excluding hydrogens is 332 g/mol. The zero-order valence-corrected chi connectivity index (χ0v) is 14.5. The highest BCUT2D eigenvalue weighted by Crippen LogP contribution is 2.41. The summed E-state index contributed by atoms with van der Waals surface area (Å²) in [7, 11) is 0. The van der Waals surface area contributed by atoms with Crippen LogP contribution in [0.2, 0.25) is 0 Å². The number of amides is 2. The number of aliphatic hydroxyl groups is 1. The van der Waals surface area contributed by atoms with E-state index in [4.69, 9.17) is 0 Å². The molecule has 6 nitrogen and oxygen atoms in total. The van der Waals surface area contributed by atoms with Crippen LogP contribution in [0.3, 0.4) is 0 Å². The molecule has 2 aromatic rings. The quantitative estimate of drug-likeness (QED) is 0.810. The molecule has 0 aromatic heterocycles. The van der Waals surface area contributed by atoms with Gasteiger partial charge in [-0.3, -0.25) is 9.59 Å². The third kappa shape index (κ3) is 2.88. The Morgan fingerprint density at radius 1 is 0.885 bits per heavy atom. The Balaban J connectivity index is 2.12. The van der Waals surface area contributed by atoms with Crippen molar-refractivity contribution in [1.29, 1.82) is 0 Å². The molecule has 1 heterocycles. The van der Waals surface area contributed by atoms with Gasteiger partial charge in [0.25, 0.3) is 11.8 Å². The zero-order chi connectivity index (χ0) is 18.7. The van der Waals surface area contributed by atoms with Crippen LogP contribution in [-0.4, -0.2) is 29.3 Å². The Morgan fingerprint density at radius 3 is 1.65 bits per heavy atom. The third-order valence-corrected chi connectivity index (χ3v) is 4.58. The van der Waals surface area contributed by atoms with E-state index in [0.717, 1.165) is 0 Å². The molecule has 0 atom stereocenters.